The first-order valence-corrected chi connectivity index (χ1v) is 7.48. The Hall–Kier alpha value is -2.07. The Morgan fingerprint density at radius 1 is 1.24 bits per heavy atom. The van der Waals surface area contributed by atoms with Gasteiger partial charge in [-0.2, -0.15) is 5.10 Å². The number of rotatable bonds is 5. The third-order valence-corrected chi connectivity index (χ3v) is 3.73. The van der Waals surface area contributed by atoms with Crippen molar-refractivity contribution >= 4 is 11.0 Å². The van der Waals surface area contributed by atoms with Crippen LogP contribution in [0.25, 0.3) is 11.0 Å². The van der Waals surface area contributed by atoms with Gasteiger partial charge in [0, 0.05) is 18.1 Å². The highest BCUT2D eigenvalue weighted by Crippen LogP contribution is 2.28. The van der Waals surface area contributed by atoms with E-state index in [2.05, 4.69) is 55.5 Å². The van der Waals surface area contributed by atoms with Gasteiger partial charge in [0.15, 0.2) is 0 Å². The zero-order chi connectivity index (χ0) is 14.8. The van der Waals surface area contributed by atoms with E-state index in [9.17, 15) is 0 Å². The standard InChI is InChI=1S/C17H21N3O/c1-4-18-17(14-8-9-19-20(14)5-2)16-11-13-10-12(3)6-7-15(13)21-16/h6-11,17-18H,4-5H2,1-3H3. The summed E-state index contributed by atoms with van der Waals surface area (Å²) < 4.78 is 8.06. The van der Waals surface area contributed by atoms with Gasteiger partial charge in [0.25, 0.3) is 0 Å². The maximum Gasteiger partial charge on any atom is 0.134 e. The van der Waals surface area contributed by atoms with Gasteiger partial charge in [-0.05, 0) is 44.7 Å². The minimum absolute atomic E-state index is 0.0326. The predicted octanol–water partition coefficient (Wildman–Crippen LogP) is 3.66. The zero-order valence-electron chi connectivity index (χ0n) is 12.8. The summed E-state index contributed by atoms with van der Waals surface area (Å²) in [6, 6.07) is 10.5. The van der Waals surface area contributed by atoms with Crippen molar-refractivity contribution in [3.8, 4) is 0 Å². The molecule has 1 atom stereocenters. The Balaban J connectivity index is 2.06. The molecule has 4 nitrogen and oxygen atoms in total. The minimum atomic E-state index is 0.0326. The lowest BCUT2D eigenvalue weighted by molar-refractivity contribution is 0.451. The lowest BCUT2D eigenvalue weighted by Crippen LogP contribution is -2.24. The largest absolute Gasteiger partial charge is 0.459 e. The molecule has 0 aliphatic carbocycles. The van der Waals surface area contributed by atoms with Crippen LogP contribution >= 0.6 is 0 Å². The number of hydrogen-bond acceptors (Lipinski definition) is 3. The lowest BCUT2D eigenvalue weighted by Gasteiger charge is -2.16. The summed E-state index contributed by atoms with van der Waals surface area (Å²) in [7, 11) is 0. The van der Waals surface area contributed by atoms with Gasteiger partial charge in [-0.25, -0.2) is 0 Å². The summed E-state index contributed by atoms with van der Waals surface area (Å²) in [5.41, 5.74) is 3.31. The van der Waals surface area contributed by atoms with Gasteiger partial charge < -0.3 is 9.73 Å². The molecule has 0 spiro atoms. The van der Waals surface area contributed by atoms with Gasteiger partial charge in [0.2, 0.25) is 0 Å². The van der Waals surface area contributed by atoms with Gasteiger partial charge in [-0.3, -0.25) is 4.68 Å². The number of furan rings is 1. The number of nitrogens with one attached hydrogen (secondary N) is 1. The SMILES string of the molecule is CCNC(c1cc2cc(C)ccc2o1)c1ccnn1CC. The van der Waals surface area contributed by atoms with Crippen molar-refractivity contribution < 1.29 is 4.42 Å². The highest BCUT2D eigenvalue weighted by atomic mass is 16.3. The van der Waals surface area contributed by atoms with Crippen molar-refractivity contribution in [3.05, 3.63) is 53.5 Å². The summed E-state index contributed by atoms with van der Waals surface area (Å²) in [6.45, 7) is 8.02. The second-order valence-corrected chi connectivity index (χ2v) is 5.25. The monoisotopic (exact) mass is 283 g/mol. The molecule has 110 valence electrons. The Morgan fingerprint density at radius 2 is 2.10 bits per heavy atom. The summed E-state index contributed by atoms with van der Waals surface area (Å²) in [6.07, 6.45) is 1.84. The summed E-state index contributed by atoms with van der Waals surface area (Å²) >= 11 is 0. The first-order chi connectivity index (χ1) is 10.2. The van der Waals surface area contributed by atoms with E-state index in [0.717, 1.165) is 35.5 Å². The fraction of sp³-hybridized carbons (Fsp3) is 0.353. The fourth-order valence-corrected chi connectivity index (χ4v) is 2.73. The van der Waals surface area contributed by atoms with E-state index >= 15 is 0 Å². The van der Waals surface area contributed by atoms with E-state index in [1.54, 1.807) is 0 Å². The van der Waals surface area contributed by atoms with E-state index < -0.39 is 0 Å². The van der Waals surface area contributed by atoms with E-state index in [1.807, 2.05) is 16.9 Å². The van der Waals surface area contributed by atoms with Crippen molar-refractivity contribution in [3.63, 3.8) is 0 Å². The molecule has 0 radical (unpaired) electrons. The number of nitrogens with zero attached hydrogens (tertiary/aromatic N) is 2. The molecular formula is C17H21N3O. The summed E-state index contributed by atoms with van der Waals surface area (Å²) in [4.78, 5) is 0. The van der Waals surface area contributed by atoms with Crippen molar-refractivity contribution in [1.82, 2.24) is 15.1 Å². The smallest absolute Gasteiger partial charge is 0.134 e. The van der Waals surface area contributed by atoms with Crippen LogP contribution in [-0.4, -0.2) is 16.3 Å². The average molecular weight is 283 g/mol. The molecule has 0 amide bonds. The molecule has 0 aliphatic heterocycles. The highest BCUT2D eigenvalue weighted by molar-refractivity contribution is 5.78. The second kappa shape index (κ2) is 5.74. The molecule has 0 fully saturated rings. The first-order valence-electron chi connectivity index (χ1n) is 7.48. The molecule has 0 saturated carbocycles. The maximum atomic E-state index is 6.06. The fourth-order valence-electron chi connectivity index (χ4n) is 2.73. The normalized spacial score (nSPS) is 12.9. The molecule has 0 bridgehead atoms. The van der Waals surface area contributed by atoms with Gasteiger partial charge >= 0.3 is 0 Å². The number of aromatic nitrogens is 2. The Morgan fingerprint density at radius 3 is 2.86 bits per heavy atom. The van der Waals surface area contributed by atoms with Crippen molar-refractivity contribution in [1.29, 1.82) is 0 Å². The van der Waals surface area contributed by atoms with Crippen LogP contribution in [0.4, 0.5) is 0 Å². The van der Waals surface area contributed by atoms with Crippen LogP contribution in [0.15, 0.2) is 40.9 Å². The molecule has 4 heteroatoms. The van der Waals surface area contributed by atoms with E-state index in [0.29, 0.717) is 0 Å². The molecule has 1 aromatic carbocycles. The molecule has 1 N–H and O–H groups in total. The van der Waals surface area contributed by atoms with E-state index in [1.165, 1.54) is 5.56 Å². The van der Waals surface area contributed by atoms with Crippen LogP contribution in [0.3, 0.4) is 0 Å². The molecule has 3 rings (SSSR count). The van der Waals surface area contributed by atoms with Crippen LogP contribution in [0.2, 0.25) is 0 Å². The minimum Gasteiger partial charge on any atom is -0.459 e. The van der Waals surface area contributed by atoms with Crippen molar-refractivity contribution in [2.75, 3.05) is 6.54 Å². The van der Waals surface area contributed by atoms with Crippen LogP contribution in [0.5, 0.6) is 0 Å². The summed E-state index contributed by atoms with van der Waals surface area (Å²) in [5, 5.41) is 9.01. The molecule has 2 heterocycles. The van der Waals surface area contributed by atoms with Crippen LogP contribution < -0.4 is 5.32 Å². The van der Waals surface area contributed by atoms with Gasteiger partial charge in [0.1, 0.15) is 17.4 Å². The van der Waals surface area contributed by atoms with Crippen LogP contribution in [-0.2, 0) is 6.54 Å². The molecule has 3 aromatic rings. The third kappa shape index (κ3) is 2.59. The molecule has 1 unspecified atom stereocenters. The molecular weight excluding hydrogens is 262 g/mol. The predicted molar refractivity (Wildman–Crippen MR) is 84.4 cm³/mol. The summed E-state index contributed by atoms with van der Waals surface area (Å²) in [5.74, 6) is 0.938. The Labute approximate surface area is 124 Å². The van der Waals surface area contributed by atoms with Gasteiger partial charge in [-0.1, -0.05) is 18.6 Å². The van der Waals surface area contributed by atoms with Crippen LogP contribution in [0.1, 0.15) is 36.9 Å². The zero-order valence-corrected chi connectivity index (χ0v) is 12.8. The molecule has 0 aliphatic rings. The number of aryl methyl sites for hydroxylation is 2. The lowest BCUT2D eigenvalue weighted by atomic mass is 10.1. The quantitative estimate of drug-likeness (QED) is 0.777. The highest BCUT2D eigenvalue weighted by Gasteiger charge is 2.21. The average Bonchev–Trinajstić information content (AvgIpc) is 3.10. The Kier molecular flexibility index (Phi) is 3.80. The van der Waals surface area contributed by atoms with E-state index in [-0.39, 0.29) is 6.04 Å². The number of fused-ring (bicyclic) bond motifs is 1. The number of hydrogen-bond donors (Lipinski definition) is 1. The second-order valence-electron chi connectivity index (χ2n) is 5.25. The van der Waals surface area contributed by atoms with Crippen LogP contribution in [0, 0.1) is 6.92 Å². The van der Waals surface area contributed by atoms with Crippen molar-refractivity contribution in [2.45, 2.75) is 33.4 Å². The topological polar surface area (TPSA) is 43.0 Å². The Bertz CT molecular complexity index is 741. The molecule has 0 saturated heterocycles. The molecule has 21 heavy (non-hydrogen) atoms. The van der Waals surface area contributed by atoms with Gasteiger partial charge in [0.05, 0.1) is 5.69 Å². The molecule has 2 aromatic heterocycles. The van der Waals surface area contributed by atoms with E-state index in [4.69, 9.17) is 4.42 Å². The van der Waals surface area contributed by atoms with Gasteiger partial charge in [-0.15, -0.1) is 0 Å². The third-order valence-electron chi connectivity index (χ3n) is 3.73. The number of benzene rings is 1. The van der Waals surface area contributed by atoms with Crippen molar-refractivity contribution in [2.24, 2.45) is 0 Å². The maximum absolute atomic E-state index is 6.06. The first kappa shape index (κ1) is 13.9.